The van der Waals surface area contributed by atoms with Crippen molar-refractivity contribution in [2.24, 2.45) is 0 Å². The second-order valence-electron chi connectivity index (χ2n) is 4.41. The molecule has 0 unspecified atom stereocenters. The first kappa shape index (κ1) is 12.0. The maximum atomic E-state index is 12.2. The Morgan fingerprint density at radius 3 is 3.12 bits per heavy atom. The number of rotatable bonds is 3. The molecule has 6 nitrogen and oxygen atoms in total. The molecule has 1 amide bonds. The molecular weight excluding hydrogens is 218 g/mol. The van der Waals surface area contributed by atoms with Gasteiger partial charge in [-0.25, -0.2) is 4.98 Å². The first-order valence-electron chi connectivity index (χ1n) is 6.15. The SMILES string of the molecule is CCCc1nc(C(=O)N2CCNC[C@H]2C)n[nH]1. The van der Waals surface area contributed by atoms with Gasteiger partial charge >= 0.3 is 0 Å². The maximum Gasteiger partial charge on any atom is 0.293 e. The fraction of sp³-hybridized carbons (Fsp3) is 0.727. The first-order chi connectivity index (χ1) is 8.22. The van der Waals surface area contributed by atoms with Crippen LogP contribution in [0.1, 0.15) is 36.7 Å². The van der Waals surface area contributed by atoms with E-state index in [2.05, 4.69) is 27.4 Å². The van der Waals surface area contributed by atoms with Gasteiger partial charge in [0.25, 0.3) is 5.91 Å². The average molecular weight is 237 g/mol. The number of piperazine rings is 1. The molecule has 2 rings (SSSR count). The van der Waals surface area contributed by atoms with Gasteiger partial charge in [0.2, 0.25) is 5.82 Å². The Balaban J connectivity index is 2.07. The molecule has 0 aliphatic carbocycles. The van der Waals surface area contributed by atoms with Gasteiger partial charge in [-0.3, -0.25) is 9.89 Å². The van der Waals surface area contributed by atoms with Crippen molar-refractivity contribution in [2.45, 2.75) is 32.7 Å². The van der Waals surface area contributed by atoms with E-state index in [4.69, 9.17) is 0 Å². The molecule has 0 bridgehead atoms. The molecule has 1 saturated heterocycles. The molecule has 0 spiro atoms. The second-order valence-corrected chi connectivity index (χ2v) is 4.41. The van der Waals surface area contributed by atoms with Crippen molar-refractivity contribution >= 4 is 5.91 Å². The quantitative estimate of drug-likeness (QED) is 0.787. The number of carbonyl (C=O) groups excluding carboxylic acids is 1. The molecule has 0 radical (unpaired) electrons. The molecule has 94 valence electrons. The van der Waals surface area contributed by atoms with Crippen LogP contribution in [0.4, 0.5) is 0 Å². The van der Waals surface area contributed by atoms with Crippen LogP contribution < -0.4 is 5.32 Å². The second kappa shape index (κ2) is 5.27. The summed E-state index contributed by atoms with van der Waals surface area (Å²) >= 11 is 0. The molecule has 6 heteroatoms. The van der Waals surface area contributed by atoms with Crippen molar-refractivity contribution in [3.8, 4) is 0 Å². The fourth-order valence-corrected chi connectivity index (χ4v) is 2.01. The minimum Gasteiger partial charge on any atom is -0.331 e. The molecule has 0 saturated carbocycles. The summed E-state index contributed by atoms with van der Waals surface area (Å²) in [5.41, 5.74) is 0. The van der Waals surface area contributed by atoms with E-state index in [1.54, 1.807) is 0 Å². The number of hydrogen-bond donors (Lipinski definition) is 2. The number of aromatic nitrogens is 3. The van der Waals surface area contributed by atoms with Crippen molar-refractivity contribution in [1.29, 1.82) is 0 Å². The smallest absolute Gasteiger partial charge is 0.293 e. The zero-order chi connectivity index (χ0) is 12.3. The summed E-state index contributed by atoms with van der Waals surface area (Å²) in [5.74, 6) is 1.01. The summed E-state index contributed by atoms with van der Waals surface area (Å²) in [5, 5.41) is 10.1. The van der Waals surface area contributed by atoms with Crippen LogP contribution in [0, 0.1) is 0 Å². The lowest BCUT2D eigenvalue weighted by Gasteiger charge is -2.33. The Bertz CT molecular complexity index is 389. The predicted molar refractivity (Wildman–Crippen MR) is 63.7 cm³/mol. The van der Waals surface area contributed by atoms with Crippen molar-refractivity contribution in [3.63, 3.8) is 0 Å². The van der Waals surface area contributed by atoms with E-state index in [0.29, 0.717) is 5.82 Å². The van der Waals surface area contributed by atoms with Gasteiger partial charge in [0.1, 0.15) is 5.82 Å². The number of H-pyrrole nitrogens is 1. The highest BCUT2D eigenvalue weighted by Crippen LogP contribution is 2.07. The molecule has 1 aromatic rings. The van der Waals surface area contributed by atoms with E-state index >= 15 is 0 Å². The average Bonchev–Trinajstić information content (AvgIpc) is 2.78. The lowest BCUT2D eigenvalue weighted by Crippen LogP contribution is -2.52. The highest BCUT2D eigenvalue weighted by molar-refractivity contribution is 5.90. The molecule has 1 fully saturated rings. The van der Waals surface area contributed by atoms with Crippen LogP contribution in [0.25, 0.3) is 0 Å². The maximum absolute atomic E-state index is 12.2. The van der Waals surface area contributed by atoms with Crippen molar-refractivity contribution in [2.75, 3.05) is 19.6 Å². The van der Waals surface area contributed by atoms with E-state index in [9.17, 15) is 4.79 Å². The Morgan fingerprint density at radius 2 is 2.41 bits per heavy atom. The first-order valence-corrected chi connectivity index (χ1v) is 6.15. The molecule has 0 aromatic carbocycles. The normalized spacial score (nSPS) is 20.6. The zero-order valence-corrected chi connectivity index (χ0v) is 10.4. The number of carbonyl (C=O) groups is 1. The van der Waals surface area contributed by atoms with E-state index in [1.807, 2.05) is 11.8 Å². The third-order valence-electron chi connectivity index (χ3n) is 2.97. The van der Waals surface area contributed by atoms with Gasteiger partial charge in [-0.2, -0.15) is 0 Å². The number of nitrogens with one attached hydrogen (secondary N) is 2. The van der Waals surface area contributed by atoms with E-state index < -0.39 is 0 Å². The largest absolute Gasteiger partial charge is 0.331 e. The summed E-state index contributed by atoms with van der Waals surface area (Å²) in [7, 11) is 0. The lowest BCUT2D eigenvalue weighted by atomic mass is 10.2. The van der Waals surface area contributed by atoms with Gasteiger partial charge in [0, 0.05) is 32.1 Å². The molecule has 2 heterocycles. The Morgan fingerprint density at radius 1 is 1.59 bits per heavy atom. The molecular formula is C11H19N5O. The third kappa shape index (κ3) is 2.63. The van der Waals surface area contributed by atoms with Crippen LogP contribution in [0.5, 0.6) is 0 Å². The van der Waals surface area contributed by atoms with Crippen molar-refractivity contribution in [1.82, 2.24) is 25.4 Å². The van der Waals surface area contributed by atoms with Crippen LogP contribution >= 0.6 is 0 Å². The van der Waals surface area contributed by atoms with Crippen LogP contribution in [0.3, 0.4) is 0 Å². The lowest BCUT2D eigenvalue weighted by molar-refractivity contribution is 0.0643. The van der Waals surface area contributed by atoms with Gasteiger partial charge < -0.3 is 10.2 Å². The van der Waals surface area contributed by atoms with Gasteiger partial charge in [0.05, 0.1) is 0 Å². The number of hydrogen-bond acceptors (Lipinski definition) is 4. The topological polar surface area (TPSA) is 73.9 Å². The Hall–Kier alpha value is -1.43. The van der Waals surface area contributed by atoms with Crippen molar-refractivity contribution in [3.05, 3.63) is 11.6 Å². The number of amides is 1. The molecule has 2 N–H and O–H groups in total. The molecule has 1 aliphatic heterocycles. The van der Waals surface area contributed by atoms with Crippen LogP contribution in [-0.2, 0) is 6.42 Å². The molecule has 1 aromatic heterocycles. The third-order valence-corrected chi connectivity index (χ3v) is 2.97. The van der Waals surface area contributed by atoms with Gasteiger partial charge in [-0.1, -0.05) is 6.92 Å². The Kier molecular flexibility index (Phi) is 3.73. The minimum atomic E-state index is -0.0717. The highest BCUT2D eigenvalue weighted by Gasteiger charge is 2.26. The summed E-state index contributed by atoms with van der Waals surface area (Å²) < 4.78 is 0. The van der Waals surface area contributed by atoms with Gasteiger partial charge in [0.15, 0.2) is 0 Å². The predicted octanol–water partition coefficient (Wildman–Crippen LogP) is 0.191. The Labute approximate surface area is 101 Å². The zero-order valence-electron chi connectivity index (χ0n) is 10.4. The monoisotopic (exact) mass is 237 g/mol. The standard InChI is InChI=1S/C11H19N5O/c1-3-4-9-13-10(15-14-9)11(17)16-6-5-12-7-8(16)2/h8,12H,3-7H2,1-2H3,(H,13,14,15)/t8-/m1/s1. The van der Waals surface area contributed by atoms with Gasteiger partial charge in [-0.05, 0) is 13.3 Å². The van der Waals surface area contributed by atoms with Crippen molar-refractivity contribution < 1.29 is 4.79 Å². The van der Waals surface area contributed by atoms with Crippen LogP contribution in [0.15, 0.2) is 0 Å². The number of aromatic amines is 1. The number of aryl methyl sites for hydroxylation is 1. The summed E-state index contributed by atoms with van der Waals surface area (Å²) in [6, 6.07) is 0.198. The molecule has 1 aliphatic rings. The number of nitrogens with zero attached hydrogens (tertiary/aromatic N) is 3. The highest BCUT2D eigenvalue weighted by atomic mass is 16.2. The van der Waals surface area contributed by atoms with E-state index in [-0.39, 0.29) is 11.9 Å². The fourth-order valence-electron chi connectivity index (χ4n) is 2.01. The van der Waals surface area contributed by atoms with Gasteiger partial charge in [-0.15, -0.1) is 5.10 Å². The molecule has 17 heavy (non-hydrogen) atoms. The van der Waals surface area contributed by atoms with Crippen LogP contribution in [0.2, 0.25) is 0 Å². The summed E-state index contributed by atoms with van der Waals surface area (Å²) in [4.78, 5) is 18.2. The summed E-state index contributed by atoms with van der Waals surface area (Å²) in [6.45, 7) is 6.49. The summed E-state index contributed by atoms with van der Waals surface area (Å²) in [6.07, 6.45) is 1.82. The molecule has 1 atom stereocenters. The minimum absolute atomic E-state index is 0.0717. The van der Waals surface area contributed by atoms with Crippen LogP contribution in [-0.4, -0.2) is 51.7 Å². The van der Waals surface area contributed by atoms with E-state index in [0.717, 1.165) is 38.3 Å². The van der Waals surface area contributed by atoms with E-state index in [1.165, 1.54) is 0 Å².